The van der Waals surface area contributed by atoms with E-state index < -0.39 is 5.97 Å². The van der Waals surface area contributed by atoms with Crippen molar-refractivity contribution in [3.63, 3.8) is 0 Å². The van der Waals surface area contributed by atoms with E-state index in [9.17, 15) is 9.90 Å². The van der Waals surface area contributed by atoms with E-state index in [1.165, 1.54) is 13.5 Å². The number of carbonyl (C=O) groups excluding carboxylic acids is 1. The van der Waals surface area contributed by atoms with Crippen molar-refractivity contribution < 1.29 is 14.6 Å². The van der Waals surface area contributed by atoms with Crippen LogP contribution in [-0.4, -0.2) is 37.4 Å². The molecule has 0 amide bonds. The highest BCUT2D eigenvalue weighted by molar-refractivity contribution is 5.92. The number of hydrogen-bond acceptors (Lipinski definition) is 5. The number of aliphatic hydroxyl groups is 1. The van der Waals surface area contributed by atoms with Crippen LogP contribution in [0.4, 0.5) is 11.4 Å². The van der Waals surface area contributed by atoms with Crippen molar-refractivity contribution in [2.45, 2.75) is 25.3 Å². The van der Waals surface area contributed by atoms with Gasteiger partial charge in [0.25, 0.3) is 0 Å². The van der Waals surface area contributed by atoms with Crippen LogP contribution in [-0.2, 0) is 4.74 Å². The number of methoxy groups -OCH3 is 1. The maximum Gasteiger partial charge on any atom is 0.337 e. The SMILES string of the molecule is COC(=O)c1ccc(N(CCO)C2CCC2)c(N)c1. The Morgan fingerprint density at radius 3 is 2.74 bits per heavy atom. The van der Waals surface area contributed by atoms with Gasteiger partial charge in [-0.25, -0.2) is 4.79 Å². The quantitative estimate of drug-likeness (QED) is 0.621. The molecule has 1 aliphatic carbocycles. The molecule has 2 rings (SSSR count). The summed E-state index contributed by atoms with van der Waals surface area (Å²) in [4.78, 5) is 13.6. The van der Waals surface area contributed by atoms with Crippen molar-refractivity contribution in [2.75, 3.05) is 30.9 Å². The zero-order chi connectivity index (χ0) is 13.8. The standard InChI is InChI=1S/C14H20N2O3/c1-19-14(18)10-5-6-13(12(15)9-10)16(7-8-17)11-3-2-4-11/h5-6,9,11,17H,2-4,7-8,15H2,1H3. The van der Waals surface area contributed by atoms with Crippen molar-refractivity contribution in [1.82, 2.24) is 0 Å². The molecule has 19 heavy (non-hydrogen) atoms. The Balaban J connectivity index is 2.24. The average molecular weight is 264 g/mol. The van der Waals surface area contributed by atoms with Gasteiger partial charge < -0.3 is 20.5 Å². The molecule has 0 aliphatic heterocycles. The molecule has 0 radical (unpaired) electrons. The molecule has 1 fully saturated rings. The summed E-state index contributed by atoms with van der Waals surface area (Å²) in [5, 5.41) is 9.18. The van der Waals surface area contributed by atoms with Crippen molar-refractivity contribution >= 4 is 17.3 Å². The minimum atomic E-state index is -0.393. The van der Waals surface area contributed by atoms with Gasteiger partial charge in [-0.2, -0.15) is 0 Å². The zero-order valence-corrected chi connectivity index (χ0v) is 11.1. The molecular weight excluding hydrogens is 244 g/mol. The lowest BCUT2D eigenvalue weighted by Gasteiger charge is -2.39. The molecule has 0 aromatic heterocycles. The number of benzene rings is 1. The van der Waals surface area contributed by atoms with Gasteiger partial charge in [0.15, 0.2) is 0 Å². The van der Waals surface area contributed by atoms with E-state index in [1.54, 1.807) is 12.1 Å². The largest absolute Gasteiger partial charge is 0.465 e. The van der Waals surface area contributed by atoms with Gasteiger partial charge in [0.2, 0.25) is 0 Å². The highest BCUT2D eigenvalue weighted by atomic mass is 16.5. The van der Waals surface area contributed by atoms with Gasteiger partial charge in [0, 0.05) is 12.6 Å². The maximum atomic E-state index is 11.4. The molecule has 0 atom stereocenters. The number of carbonyl (C=O) groups is 1. The number of esters is 1. The second-order valence-corrected chi connectivity index (χ2v) is 4.77. The summed E-state index contributed by atoms with van der Waals surface area (Å²) < 4.78 is 4.67. The lowest BCUT2D eigenvalue weighted by atomic mass is 9.91. The molecule has 5 nitrogen and oxygen atoms in total. The third-order valence-corrected chi connectivity index (χ3v) is 3.61. The number of anilines is 2. The molecule has 0 spiro atoms. The minimum Gasteiger partial charge on any atom is -0.465 e. The fourth-order valence-corrected chi connectivity index (χ4v) is 2.37. The Kier molecular flexibility index (Phi) is 4.27. The normalized spacial score (nSPS) is 14.8. The number of nitrogens with zero attached hydrogens (tertiary/aromatic N) is 1. The summed E-state index contributed by atoms with van der Waals surface area (Å²) in [7, 11) is 1.35. The van der Waals surface area contributed by atoms with E-state index in [2.05, 4.69) is 9.64 Å². The molecule has 0 unspecified atom stereocenters. The molecule has 104 valence electrons. The second kappa shape index (κ2) is 5.93. The van der Waals surface area contributed by atoms with Gasteiger partial charge >= 0.3 is 5.97 Å². The van der Waals surface area contributed by atoms with E-state index in [0.717, 1.165) is 18.5 Å². The Bertz CT molecular complexity index is 458. The summed E-state index contributed by atoms with van der Waals surface area (Å²) >= 11 is 0. The lowest BCUT2D eigenvalue weighted by Crippen LogP contribution is -2.42. The molecule has 0 saturated heterocycles. The molecule has 1 aliphatic rings. The van der Waals surface area contributed by atoms with Crippen LogP contribution in [0.1, 0.15) is 29.6 Å². The van der Waals surface area contributed by atoms with Gasteiger partial charge in [-0.1, -0.05) is 0 Å². The van der Waals surface area contributed by atoms with Crippen LogP contribution in [0.2, 0.25) is 0 Å². The first-order chi connectivity index (χ1) is 9.17. The lowest BCUT2D eigenvalue weighted by molar-refractivity contribution is 0.0601. The van der Waals surface area contributed by atoms with E-state index in [1.807, 2.05) is 6.07 Å². The van der Waals surface area contributed by atoms with Crippen molar-refractivity contribution in [3.8, 4) is 0 Å². The highest BCUT2D eigenvalue weighted by Crippen LogP contribution is 2.33. The van der Waals surface area contributed by atoms with E-state index in [4.69, 9.17) is 5.73 Å². The number of nitrogens with two attached hydrogens (primary N) is 1. The van der Waals surface area contributed by atoms with Gasteiger partial charge in [0.05, 0.1) is 30.7 Å². The Morgan fingerprint density at radius 1 is 1.53 bits per heavy atom. The minimum absolute atomic E-state index is 0.0920. The maximum absolute atomic E-state index is 11.4. The van der Waals surface area contributed by atoms with E-state index in [-0.39, 0.29) is 6.61 Å². The third-order valence-electron chi connectivity index (χ3n) is 3.61. The summed E-state index contributed by atoms with van der Waals surface area (Å²) in [6.45, 7) is 0.654. The van der Waals surface area contributed by atoms with Crippen LogP contribution < -0.4 is 10.6 Å². The molecule has 0 heterocycles. The monoisotopic (exact) mass is 264 g/mol. The summed E-state index contributed by atoms with van der Waals surface area (Å²) in [5.74, 6) is -0.393. The third kappa shape index (κ3) is 2.81. The topological polar surface area (TPSA) is 75.8 Å². The van der Waals surface area contributed by atoms with Crippen LogP contribution in [0.25, 0.3) is 0 Å². The average Bonchev–Trinajstić information content (AvgIpc) is 2.35. The first-order valence-electron chi connectivity index (χ1n) is 6.52. The highest BCUT2D eigenvalue weighted by Gasteiger charge is 2.26. The Hall–Kier alpha value is -1.75. The van der Waals surface area contributed by atoms with Crippen molar-refractivity contribution in [3.05, 3.63) is 23.8 Å². The molecule has 1 aromatic carbocycles. The first-order valence-corrected chi connectivity index (χ1v) is 6.52. The fraction of sp³-hybridized carbons (Fsp3) is 0.500. The predicted octanol–water partition coefficient (Wildman–Crippen LogP) is 1.41. The van der Waals surface area contributed by atoms with Crippen LogP contribution in [0, 0.1) is 0 Å². The van der Waals surface area contributed by atoms with Crippen LogP contribution in [0.15, 0.2) is 18.2 Å². The predicted molar refractivity (Wildman–Crippen MR) is 74.3 cm³/mol. The summed E-state index contributed by atoms with van der Waals surface area (Å²) in [5.41, 5.74) is 7.90. The first kappa shape index (κ1) is 13.7. The second-order valence-electron chi connectivity index (χ2n) is 4.77. The molecule has 0 bridgehead atoms. The smallest absolute Gasteiger partial charge is 0.337 e. The Morgan fingerprint density at radius 2 is 2.26 bits per heavy atom. The van der Waals surface area contributed by atoms with Crippen LogP contribution >= 0.6 is 0 Å². The van der Waals surface area contributed by atoms with E-state index in [0.29, 0.717) is 23.8 Å². The number of hydrogen-bond donors (Lipinski definition) is 2. The van der Waals surface area contributed by atoms with Gasteiger partial charge in [0.1, 0.15) is 0 Å². The molecular formula is C14H20N2O3. The molecule has 1 aromatic rings. The number of nitrogen functional groups attached to an aromatic ring is 1. The molecule has 5 heteroatoms. The number of aliphatic hydroxyl groups excluding tert-OH is 1. The van der Waals surface area contributed by atoms with Gasteiger partial charge in [-0.3, -0.25) is 0 Å². The summed E-state index contributed by atoms with van der Waals surface area (Å²) in [6, 6.07) is 5.61. The molecule has 3 N–H and O–H groups in total. The van der Waals surface area contributed by atoms with Crippen molar-refractivity contribution in [2.24, 2.45) is 0 Å². The van der Waals surface area contributed by atoms with Gasteiger partial charge in [-0.05, 0) is 37.5 Å². The fourth-order valence-electron chi connectivity index (χ4n) is 2.37. The summed E-state index contributed by atoms with van der Waals surface area (Å²) in [6.07, 6.45) is 3.46. The van der Waals surface area contributed by atoms with Crippen molar-refractivity contribution in [1.29, 1.82) is 0 Å². The van der Waals surface area contributed by atoms with Crippen LogP contribution in [0.3, 0.4) is 0 Å². The zero-order valence-electron chi connectivity index (χ0n) is 11.1. The Labute approximate surface area is 113 Å². The number of rotatable bonds is 5. The molecule has 1 saturated carbocycles. The van der Waals surface area contributed by atoms with E-state index >= 15 is 0 Å². The number of ether oxygens (including phenoxy) is 1. The van der Waals surface area contributed by atoms with Gasteiger partial charge in [-0.15, -0.1) is 0 Å². The van der Waals surface area contributed by atoms with Crippen LogP contribution in [0.5, 0.6) is 0 Å².